The second kappa shape index (κ2) is 9.84. The van der Waals surface area contributed by atoms with Crippen LogP contribution in [-0.2, 0) is 14.8 Å². The number of thiophene rings is 1. The van der Waals surface area contributed by atoms with Crippen molar-refractivity contribution in [1.29, 1.82) is 0 Å². The van der Waals surface area contributed by atoms with Crippen molar-refractivity contribution >= 4 is 27.3 Å². The van der Waals surface area contributed by atoms with Gasteiger partial charge in [0.25, 0.3) is 10.0 Å². The predicted octanol–water partition coefficient (Wildman–Crippen LogP) is 3.00. The maximum atomic E-state index is 12.9. The Balaban J connectivity index is 1.70. The van der Waals surface area contributed by atoms with Crippen molar-refractivity contribution in [3.8, 4) is 0 Å². The Labute approximate surface area is 177 Å². The topological polar surface area (TPSA) is 78.5 Å². The minimum Gasteiger partial charge on any atom is -0.353 e. The molecule has 0 saturated carbocycles. The number of hydrogen-bond donors (Lipinski definition) is 2. The zero-order chi connectivity index (χ0) is 20.9. The lowest BCUT2D eigenvalue weighted by Gasteiger charge is -2.29. The number of carbonyl (C=O) groups excluding carboxylic acids is 1. The van der Waals surface area contributed by atoms with E-state index in [-0.39, 0.29) is 22.1 Å². The molecule has 1 aromatic carbocycles. The molecule has 29 heavy (non-hydrogen) atoms. The second-order valence-corrected chi connectivity index (χ2v) is 10.6. The quantitative estimate of drug-likeness (QED) is 0.635. The maximum absolute atomic E-state index is 12.9. The zero-order valence-corrected chi connectivity index (χ0v) is 18.5. The van der Waals surface area contributed by atoms with Crippen LogP contribution in [0.4, 0.5) is 0 Å². The number of nitrogens with one attached hydrogen (secondary N) is 2. The van der Waals surface area contributed by atoms with Crippen LogP contribution >= 0.6 is 11.3 Å². The first kappa shape index (κ1) is 22.0. The molecule has 158 valence electrons. The van der Waals surface area contributed by atoms with Crippen LogP contribution < -0.4 is 10.0 Å². The molecule has 1 aliphatic rings. The molecule has 0 aliphatic carbocycles. The molecule has 1 aliphatic heterocycles. The van der Waals surface area contributed by atoms with Gasteiger partial charge in [-0.05, 0) is 48.9 Å². The highest BCUT2D eigenvalue weighted by Gasteiger charge is 2.30. The molecule has 2 atom stereocenters. The summed E-state index contributed by atoms with van der Waals surface area (Å²) in [5.41, 5.74) is 1.16. The Morgan fingerprint density at radius 2 is 1.79 bits per heavy atom. The Morgan fingerprint density at radius 3 is 2.38 bits per heavy atom. The van der Waals surface area contributed by atoms with E-state index in [9.17, 15) is 13.2 Å². The summed E-state index contributed by atoms with van der Waals surface area (Å²) in [6.45, 7) is 6.15. The first-order valence-electron chi connectivity index (χ1n) is 10.0. The second-order valence-electron chi connectivity index (χ2n) is 7.69. The Kier molecular flexibility index (Phi) is 7.45. The van der Waals surface area contributed by atoms with Gasteiger partial charge in [0.1, 0.15) is 10.3 Å². The van der Waals surface area contributed by atoms with Gasteiger partial charge < -0.3 is 5.32 Å². The number of rotatable bonds is 9. The SMILES string of the molecule is CC(C)C(NS(=O)(=O)c1cccs1)C(=O)NCC(c1ccccc1)N1CCCC1. The maximum Gasteiger partial charge on any atom is 0.250 e. The molecule has 1 aromatic heterocycles. The molecular formula is C21H29N3O3S2. The number of nitrogens with zero attached hydrogens (tertiary/aromatic N) is 1. The molecule has 1 saturated heterocycles. The van der Waals surface area contributed by atoms with Crippen molar-refractivity contribution in [3.05, 3.63) is 53.4 Å². The van der Waals surface area contributed by atoms with Crippen LogP contribution in [0, 0.1) is 5.92 Å². The molecule has 0 radical (unpaired) electrons. The van der Waals surface area contributed by atoms with Crippen LogP contribution in [0.5, 0.6) is 0 Å². The molecule has 2 aromatic rings. The lowest BCUT2D eigenvalue weighted by atomic mass is 10.0. The van der Waals surface area contributed by atoms with Crippen molar-refractivity contribution in [2.24, 2.45) is 5.92 Å². The van der Waals surface area contributed by atoms with Crippen molar-refractivity contribution in [3.63, 3.8) is 0 Å². The lowest BCUT2D eigenvalue weighted by molar-refractivity contribution is -0.123. The minimum atomic E-state index is -3.72. The molecule has 2 N–H and O–H groups in total. The van der Waals surface area contributed by atoms with Gasteiger partial charge in [-0.25, -0.2) is 8.42 Å². The van der Waals surface area contributed by atoms with Crippen molar-refractivity contribution in [1.82, 2.24) is 14.9 Å². The lowest BCUT2D eigenvalue weighted by Crippen LogP contribution is -2.51. The van der Waals surface area contributed by atoms with Crippen molar-refractivity contribution < 1.29 is 13.2 Å². The highest BCUT2D eigenvalue weighted by atomic mass is 32.2. The Morgan fingerprint density at radius 1 is 1.10 bits per heavy atom. The molecule has 1 fully saturated rings. The van der Waals surface area contributed by atoms with Crippen molar-refractivity contribution in [2.75, 3.05) is 19.6 Å². The fourth-order valence-corrected chi connectivity index (χ4v) is 5.98. The number of carbonyl (C=O) groups is 1. The van der Waals surface area contributed by atoms with Gasteiger partial charge in [0, 0.05) is 6.54 Å². The average molecular weight is 436 g/mol. The van der Waals surface area contributed by atoms with E-state index in [4.69, 9.17) is 0 Å². The smallest absolute Gasteiger partial charge is 0.250 e. The van der Waals surface area contributed by atoms with Gasteiger partial charge in [0.05, 0.1) is 6.04 Å². The summed E-state index contributed by atoms with van der Waals surface area (Å²) in [5, 5.41) is 4.71. The Hall–Kier alpha value is -1.74. The summed E-state index contributed by atoms with van der Waals surface area (Å²) in [5.74, 6) is -0.466. The van der Waals surface area contributed by atoms with Gasteiger partial charge in [-0.2, -0.15) is 4.72 Å². The van der Waals surface area contributed by atoms with Gasteiger partial charge in [-0.3, -0.25) is 9.69 Å². The van der Waals surface area contributed by atoms with Gasteiger partial charge in [-0.1, -0.05) is 50.2 Å². The monoisotopic (exact) mass is 435 g/mol. The van der Waals surface area contributed by atoms with Crippen molar-refractivity contribution in [2.45, 2.75) is 43.0 Å². The summed E-state index contributed by atoms with van der Waals surface area (Å²) in [7, 11) is -3.72. The molecular weight excluding hydrogens is 406 g/mol. The van der Waals surface area contributed by atoms with Crippen LogP contribution in [0.25, 0.3) is 0 Å². The third-order valence-electron chi connectivity index (χ3n) is 5.23. The van der Waals surface area contributed by atoms with E-state index in [2.05, 4.69) is 27.1 Å². The molecule has 1 amide bonds. The van der Waals surface area contributed by atoms with Crippen LogP contribution in [0.2, 0.25) is 0 Å². The van der Waals surface area contributed by atoms with E-state index in [0.29, 0.717) is 6.54 Å². The van der Waals surface area contributed by atoms with Gasteiger partial charge in [0.2, 0.25) is 5.91 Å². The average Bonchev–Trinajstić information content (AvgIpc) is 3.41. The highest BCUT2D eigenvalue weighted by molar-refractivity contribution is 7.91. The number of benzene rings is 1. The molecule has 3 rings (SSSR count). The number of likely N-dealkylation sites (tertiary alicyclic amines) is 1. The molecule has 2 unspecified atom stereocenters. The Bertz CT molecular complexity index is 877. The van der Waals surface area contributed by atoms with E-state index in [1.165, 1.54) is 0 Å². The number of amides is 1. The first-order chi connectivity index (χ1) is 13.9. The standard InChI is InChI=1S/C21H29N3O3S2/c1-16(2)20(23-29(26,27)19-11-8-14-28-19)21(25)22-15-18(24-12-6-7-13-24)17-9-4-3-5-10-17/h3-5,8-11,14,16,18,20,23H,6-7,12-13,15H2,1-2H3,(H,22,25). The van der Waals surface area contributed by atoms with E-state index in [1.807, 2.05) is 32.0 Å². The summed E-state index contributed by atoms with van der Waals surface area (Å²) < 4.78 is 28.0. The third-order valence-corrected chi connectivity index (χ3v) is 8.07. The normalized spacial score (nSPS) is 17.3. The minimum absolute atomic E-state index is 0.0874. The first-order valence-corrected chi connectivity index (χ1v) is 12.4. The largest absolute Gasteiger partial charge is 0.353 e. The zero-order valence-electron chi connectivity index (χ0n) is 16.9. The van der Waals surface area contributed by atoms with Crippen LogP contribution in [-0.4, -0.2) is 44.9 Å². The van der Waals surface area contributed by atoms with E-state index < -0.39 is 16.1 Å². The fraction of sp³-hybridized carbons (Fsp3) is 0.476. The molecule has 6 nitrogen and oxygen atoms in total. The predicted molar refractivity (Wildman–Crippen MR) is 116 cm³/mol. The van der Waals surface area contributed by atoms with Gasteiger partial charge in [-0.15, -0.1) is 11.3 Å². The third kappa shape index (κ3) is 5.66. The number of hydrogen-bond acceptors (Lipinski definition) is 5. The molecule has 0 bridgehead atoms. The summed E-state index contributed by atoms with van der Waals surface area (Å²) in [4.78, 5) is 15.3. The van der Waals surface area contributed by atoms with Crippen LogP contribution in [0.3, 0.4) is 0 Å². The fourth-order valence-electron chi connectivity index (χ4n) is 3.63. The van der Waals surface area contributed by atoms with E-state index >= 15 is 0 Å². The summed E-state index contributed by atoms with van der Waals surface area (Å²) in [6, 6.07) is 12.6. The molecule has 8 heteroatoms. The van der Waals surface area contributed by atoms with Crippen LogP contribution in [0.1, 0.15) is 38.3 Å². The molecule has 2 heterocycles. The number of sulfonamides is 1. The highest BCUT2D eigenvalue weighted by Crippen LogP contribution is 2.24. The molecule has 0 spiro atoms. The van der Waals surface area contributed by atoms with E-state index in [1.54, 1.807) is 17.5 Å². The summed E-state index contributed by atoms with van der Waals surface area (Å²) in [6.07, 6.45) is 2.32. The van der Waals surface area contributed by atoms with Gasteiger partial charge in [0.15, 0.2) is 0 Å². The van der Waals surface area contributed by atoms with Gasteiger partial charge >= 0.3 is 0 Å². The van der Waals surface area contributed by atoms with Crippen LogP contribution in [0.15, 0.2) is 52.1 Å². The van der Waals surface area contributed by atoms with E-state index in [0.717, 1.165) is 42.8 Å². The summed E-state index contributed by atoms with van der Waals surface area (Å²) >= 11 is 1.14.